The van der Waals surface area contributed by atoms with Crippen molar-refractivity contribution in [2.45, 2.75) is 38.5 Å². The molecule has 0 amide bonds. The van der Waals surface area contributed by atoms with E-state index in [4.69, 9.17) is 4.74 Å². The highest BCUT2D eigenvalue weighted by atomic mass is 79.9. The number of rotatable bonds is 8. The molecule has 1 aromatic carbocycles. The second-order valence-electron chi connectivity index (χ2n) is 7.23. The summed E-state index contributed by atoms with van der Waals surface area (Å²) in [6.45, 7) is 10.1. The van der Waals surface area contributed by atoms with Gasteiger partial charge in [0, 0.05) is 11.9 Å². The number of hydrogen-bond donors (Lipinski definition) is 1. The Morgan fingerprint density at radius 3 is 2.50 bits per heavy atom. The monoisotopic (exact) mass is 436 g/mol. The van der Waals surface area contributed by atoms with Gasteiger partial charge in [0.05, 0.1) is 31.4 Å². The molecule has 2 rings (SSSR count). The van der Waals surface area contributed by atoms with Gasteiger partial charge in [0.2, 0.25) is 0 Å². The largest absolute Gasteiger partial charge is 0.497 e. The third kappa shape index (κ3) is 4.95. The summed E-state index contributed by atoms with van der Waals surface area (Å²) >= 11 is 3.45. The number of methoxy groups -OCH3 is 1. The van der Waals surface area contributed by atoms with Crippen molar-refractivity contribution in [3.8, 4) is 5.75 Å². The number of anilines is 1. The number of pyridine rings is 1. The number of aromatic nitrogens is 1. The standard InChI is InChI=1S/C20H26BrFN2OSi/c1-6-7-8-16(24-14-9-11-15(25-2)12-10-14)20-18(21)19(22)17(13-23-20)26(3,4)5/h6,9-13,16,24H,1,7-8H2,2-5H3/t16-/m0/s1. The third-order valence-corrected chi connectivity index (χ3v) is 6.93. The Bertz CT molecular complexity index is 760. The van der Waals surface area contributed by atoms with Crippen molar-refractivity contribution in [3.63, 3.8) is 0 Å². The van der Waals surface area contributed by atoms with Crippen molar-refractivity contribution < 1.29 is 9.13 Å². The van der Waals surface area contributed by atoms with Gasteiger partial charge in [-0.15, -0.1) is 6.58 Å². The predicted molar refractivity (Wildman–Crippen MR) is 114 cm³/mol. The van der Waals surface area contributed by atoms with Gasteiger partial charge in [0.1, 0.15) is 11.6 Å². The van der Waals surface area contributed by atoms with E-state index in [1.54, 1.807) is 13.3 Å². The molecule has 0 saturated carbocycles. The molecule has 1 N–H and O–H groups in total. The van der Waals surface area contributed by atoms with E-state index >= 15 is 0 Å². The Morgan fingerprint density at radius 1 is 1.31 bits per heavy atom. The average Bonchev–Trinajstić information content (AvgIpc) is 2.60. The summed E-state index contributed by atoms with van der Waals surface area (Å²) in [7, 11) is -0.157. The molecule has 0 saturated heterocycles. The van der Waals surface area contributed by atoms with Gasteiger partial charge < -0.3 is 10.1 Å². The molecular formula is C20H26BrFN2OSi. The molecule has 0 unspecified atom stereocenters. The van der Waals surface area contributed by atoms with Crippen molar-refractivity contribution in [1.29, 1.82) is 0 Å². The van der Waals surface area contributed by atoms with Crippen LogP contribution in [0.15, 0.2) is 47.6 Å². The minimum Gasteiger partial charge on any atom is -0.497 e. The Hall–Kier alpha value is -1.66. The van der Waals surface area contributed by atoms with Gasteiger partial charge in [-0.2, -0.15) is 0 Å². The molecular weight excluding hydrogens is 411 g/mol. The number of nitrogens with zero attached hydrogens (tertiary/aromatic N) is 1. The number of ether oxygens (including phenoxy) is 1. The van der Waals surface area contributed by atoms with Crippen LogP contribution in [0, 0.1) is 5.82 Å². The van der Waals surface area contributed by atoms with Crippen LogP contribution in [0.25, 0.3) is 0 Å². The topological polar surface area (TPSA) is 34.1 Å². The molecule has 6 heteroatoms. The molecule has 26 heavy (non-hydrogen) atoms. The van der Waals surface area contributed by atoms with E-state index in [-0.39, 0.29) is 11.9 Å². The van der Waals surface area contributed by atoms with Crippen LogP contribution < -0.4 is 15.2 Å². The maximum Gasteiger partial charge on any atom is 0.140 e. The first-order chi connectivity index (χ1) is 12.3. The second-order valence-corrected chi connectivity index (χ2v) is 13.1. The van der Waals surface area contributed by atoms with Crippen molar-refractivity contribution in [2.75, 3.05) is 12.4 Å². The van der Waals surface area contributed by atoms with Gasteiger partial charge in [0.15, 0.2) is 0 Å². The number of benzene rings is 1. The first-order valence-electron chi connectivity index (χ1n) is 8.63. The average molecular weight is 437 g/mol. The SMILES string of the molecule is C=CCC[C@H](Nc1ccc(OC)cc1)c1ncc([Si](C)(C)C)c(F)c1Br. The van der Waals surface area contributed by atoms with Crippen LogP contribution in [0.4, 0.5) is 10.1 Å². The van der Waals surface area contributed by atoms with Crippen LogP contribution in [0.2, 0.25) is 19.6 Å². The molecule has 0 radical (unpaired) electrons. The number of hydrogen-bond acceptors (Lipinski definition) is 3. The van der Waals surface area contributed by atoms with Crippen molar-refractivity contribution in [1.82, 2.24) is 4.98 Å². The van der Waals surface area contributed by atoms with Crippen LogP contribution >= 0.6 is 15.9 Å². The minimum absolute atomic E-state index is 0.124. The molecule has 1 aromatic heterocycles. The molecule has 0 spiro atoms. The summed E-state index contributed by atoms with van der Waals surface area (Å²) in [4.78, 5) is 4.62. The van der Waals surface area contributed by atoms with Crippen molar-refractivity contribution >= 4 is 34.9 Å². The van der Waals surface area contributed by atoms with E-state index in [0.29, 0.717) is 10.2 Å². The van der Waals surface area contributed by atoms with E-state index in [1.165, 1.54) is 0 Å². The molecule has 0 aliphatic rings. The quantitative estimate of drug-likeness (QED) is 0.428. The van der Waals surface area contributed by atoms with Gasteiger partial charge in [-0.1, -0.05) is 25.7 Å². The summed E-state index contributed by atoms with van der Waals surface area (Å²) in [5.74, 6) is 0.609. The summed E-state index contributed by atoms with van der Waals surface area (Å²) in [5.41, 5.74) is 1.62. The fourth-order valence-electron chi connectivity index (χ4n) is 2.69. The summed E-state index contributed by atoms with van der Waals surface area (Å²) < 4.78 is 20.6. The molecule has 1 atom stereocenters. The molecule has 0 aliphatic carbocycles. The smallest absolute Gasteiger partial charge is 0.140 e. The van der Waals surface area contributed by atoms with Crippen LogP contribution in [0.5, 0.6) is 5.75 Å². The van der Waals surface area contributed by atoms with E-state index in [1.807, 2.05) is 30.3 Å². The van der Waals surface area contributed by atoms with Gasteiger partial charge in [-0.25, -0.2) is 4.39 Å². The van der Waals surface area contributed by atoms with Crippen molar-refractivity contribution in [3.05, 3.63) is 59.1 Å². The first kappa shape index (κ1) is 20.6. The molecule has 0 aliphatic heterocycles. The fourth-order valence-corrected chi connectivity index (χ4v) is 4.70. The zero-order valence-corrected chi connectivity index (χ0v) is 18.4. The van der Waals surface area contributed by atoms with E-state index < -0.39 is 8.07 Å². The van der Waals surface area contributed by atoms with E-state index in [2.05, 4.69) is 52.5 Å². The fraction of sp³-hybridized carbons (Fsp3) is 0.350. The zero-order valence-electron chi connectivity index (χ0n) is 15.8. The van der Waals surface area contributed by atoms with E-state index in [0.717, 1.165) is 29.5 Å². The summed E-state index contributed by atoms with van der Waals surface area (Å²) in [6, 6.07) is 7.55. The number of nitrogens with one attached hydrogen (secondary N) is 1. The zero-order chi connectivity index (χ0) is 19.3. The highest BCUT2D eigenvalue weighted by Gasteiger charge is 2.26. The van der Waals surface area contributed by atoms with Crippen LogP contribution in [0.3, 0.4) is 0 Å². The highest BCUT2D eigenvalue weighted by Crippen LogP contribution is 2.30. The predicted octanol–water partition coefficient (Wildman–Crippen LogP) is 5.66. The molecule has 140 valence electrons. The van der Waals surface area contributed by atoms with Gasteiger partial charge in [-0.3, -0.25) is 4.98 Å². The lowest BCUT2D eigenvalue weighted by atomic mass is 10.1. The normalized spacial score (nSPS) is 12.5. The molecule has 0 fully saturated rings. The maximum atomic E-state index is 15.0. The van der Waals surface area contributed by atoms with Gasteiger partial charge in [-0.05, 0) is 58.2 Å². The van der Waals surface area contributed by atoms with Crippen molar-refractivity contribution in [2.24, 2.45) is 0 Å². The number of allylic oxidation sites excluding steroid dienone is 1. The number of halogens is 2. The Balaban J connectivity index is 2.36. The Kier molecular flexibility index (Phi) is 7.00. The Morgan fingerprint density at radius 2 is 1.96 bits per heavy atom. The maximum absolute atomic E-state index is 15.0. The first-order valence-corrected chi connectivity index (χ1v) is 12.9. The third-order valence-electron chi connectivity index (χ3n) is 4.22. The molecule has 1 heterocycles. The molecule has 0 bridgehead atoms. The minimum atomic E-state index is -1.80. The molecule has 2 aromatic rings. The van der Waals surface area contributed by atoms with E-state index in [9.17, 15) is 4.39 Å². The summed E-state index contributed by atoms with van der Waals surface area (Å²) in [5, 5.41) is 4.19. The second kappa shape index (κ2) is 8.82. The van der Waals surface area contributed by atoms with Crippen LogP contribution in [0.1, 0.15) is 24.6 Å². The molecule has 3 nitrogen and oxygen atoms in total. The lowest BCUT2D eigenvalue weighted by molar-refractivity contribution is 0.415. The lowest BCUT2D eigenvalue weighted by Crippen LogP contribution is -2.41. The summed E-state index contributed by atoms with van der Waals surface area (Å²) in [6.07, 6.45) is 5.15. The highest BCUT2D eigenvalue weighted by molar-refractivity contribution is 9.10. The van der Waals surface area contributed by atoms with Crippen LogP contribution in [-0.4, -0.2) is 20.2 Å². The Labute approximate surface area is 164 Å². The van der Waals surface area contributed by atoms with Gasteiger partial charge in [0.25, 0.3) is 0 Å². The lowest BCUT2D eigenvalue weighted by Gasteiger charge is -2.23. The van der Waals surface area contributed by atoms with Crippen LogP contribution in [-0.2, 0) is 0 Å². The van der Waals surface area contributed by atoms with Gasteiger partial charge >= 0.3 is 0 Å².